The molecule has 0 saturated carbocycles. The van der Waals surface area contributed by atoms with Gasteiger partial charge in [-0.1, -0.05) is 121 Å². The zero-order valence-corrected chi connectivity index (χ0v) is 19.6. The average molecular weight is 455 g/mol. The van der Waals surface area contributed by atoms with Gasteiger partial charge in [-0.15, -0.1) is 0 Å². The third-order valence-electron chi connectivity index (χ3n) is 6.09. The van der Waals surface area contributed by atoms with Gasteiger partial charge in [-0.2, -0.15) is 0 Å². The number of rotatable bonds is 6. The predicted molar refractivity (Wildman–Crippen MR) is 144 cm³/mol. The SMILES string of the molecule is CCOC(=O)C=C1C(c2ccccc2)=C(c2ccccc2)C(c2ccccc2)=C1c1ccccc1. The molecule has 0 unspecified atom stereocenters. The fourth-order valence-corrected chi connectivity index (χ4v) is 4.69. The van der Waals surface area contributed by atoms with Crippen LogP contribution in [0.15, 0.2) is 133 Å². The summed E-state index contributed by atoms with van der Waals surface area (Å²) in [5.41, 5.74) is 9.47. The van der Waals surface area contributed by atoms with Crippen LogP contribution in [0, 0.1) is 0 Å². The Hall–Kier alpha value is -4.43. The van der Waals surface area contributed by atoms with Crippen LogP contribution < -0.4 is 0 Å². The number of carbonyl (C=O) groups excluding carboxylic acids is 1. The number of esters is 1. The van der Waals surface area contributed by atoms with Crippen molar-refractivity contribution in [2.45, 2.75) is 6.92 Å². The summed E-state index contributed by atoms with van der Waals surface area (Å²) in [6.45, 7) is 2.16. The van der Waals surface area contributed by atoms with Gasteiger partial charge in [0.1, 0.15) is 0 Å². The van der Waals surface area contributed by atoms with Crippen LogP contribution in [0.5, 0.6) is 0 Å². The van der Waals surface area contributed by atoms with E-state index in [9.17, 15) is 4.79 Å². The molecule has 1 aliphatic rings. The number of carbonyl (C=O) groups is 1. The first kappa shape index (κ1) is 22.4. The van der Waals surface area contributed by atoms with E-state index >= 15 is 0 Å². The van der Waals surface area contributed by atoms with E-state index in [1.54, 1.807) is 6.08 Å². The Labute approximate surface area is 206 Å². The minimum atomic E-state index is -0.342. The van der Waals surface area contributed by atoms with Crippen molar-refractivity contribution in [2.75, 3.05) is 6.61 Å². The molecule has 0 aromatic heterocycles. The molecular formula is C33H26O2. The Balaban J connectivity index is 1.93. The van der Waals surface area contributed by atoms with Crippen LogP contribution in [-0.2, 0) is 9.53 Å². The van der Waals surface area contributed by atoms with Crippen molar-refractivity contribution in [1.29, 1.82) is 0 Å². The smallest absolute Gasteiger partial charge is 0.331 e. The zero-order valence-electron chi connectivity index (χ0n) is 19.6. The first-order chi connectivity index (χ1) is 17.3. The van der Waals surface area contributed by atoms with Crippen molar-refractivity contribution in [3.63, 3.8) is 0 Å². The Morgan fingerprint density at radius 2 is 0.857 bits per heavy atom. The van der Waals surface area contributed by atoms with Crippen LogP contribution in [0.25, 0.3) is 22.3 Å². The molecule has 5 rings (SSSR count). The summed E-state index contributed by atoms with van der Waals surface area (Å²) >= 11 is 0. The summed E-state index contributed by atoms with van der Waals surface area (Å²) in [5.74, 6) is -0.342. The van der Waals surface area contributed by atoms with Crippen LogP contribution in [0.2, 0.25) is 0 Å². The van der Waals surface area contributed by atoms with Gasteiger partial charge < -0.3 is 4.74 Å². The molecule has 2 heteroatoms. The van der Waals surface area contributed by atoms with Gasteiger partial charge in [0.15, 0.2) is 0 Å². The van der Waals surface area contributed by atoms with E-state index in [1.165, 1.54) is 0 Å². The first-order valence-corrected chi connectivity index (χ1v) is 11.9. The van der Waals surface area contributed by atoms with Gasteiger partial charge in [0.25, 0.3) is 0 Å². The Kier molecular flexibility index (Phi) is 6.54. The van der Waals surface area contributed by atoms with Crippen LogP contribution in [0.4, 0.5) is 0 Å². The summed E-state index contributed by atoms with van der Waals surface area (Å²) in [6, 6.07) is 41.4. The third kappa shape index (κ3) is 4.51. The fraction of sp³-hybridized carbons (Fsp3) is 0.0606. The number of allylic oxidation sites excluding steroid dienone is 5. The molecule has 0 radical (unpaired) electrons. The molecule has 0 amide bonds. The monoisotopic (exact) mass is 454 g/mol. The molecule has 0 heterocycles. The van der Waals surface area contributed by atoms with Gasteiger partial charge in [-0.3, -0.25) is 0 Å². The molecule has 170 valence electrons. The first-order valence-electron chi connectivity index (χ1n) is 11.9. The standard InChI is InChI=1S/C33H26O2/c1-2-35-29(34)23-28-30(24-15-7-3-8-16-24)32(26-19-11-5-12-20-26)33(27-21-13-6-14-22-27)31(28)25-17-9-4-10-18-25/h3-23H,2H2,1H3. The second kappa shape index (κ2) is 10.2. The van der Waals surface area contributed by atoms with Crippen molar-refractivity contribution in [1.82, 2.24) is 0 Å². The van der Waals surface area contributed by atoms with E-state index < -0.39 is 0 Å². The quantitative estimate of drug-likeness (QED) is 0.220. The Bertz CT molecular complexity index is 1310. The van der Waals surface area contributed by atoms with Crippen molar-refractivity contribution >= 4 is 28.3 Å². The van der Waals surface area contributed by atoms with Crippen LogP contribution in [0.3, 0.4) is 0 Å². The highest BCUT2D eigenvalue weighted by Crippen LogP contribution is 2.54. The highest BCUT2D eigenvalue weighted by Gasteiger charge is 2.33. The zero-order chi connectivity index (χ0) is 24.0. The summed E-state index contributed by atoms with van der Waals surface area (Å²) in [5, 5.41) is 0. The maximum atomic E-state index is 12.9. The Morgan fingerprint density at radius 1 is 0.543 bits per heavy atom. The number of benzene rings is 4. The third-order valence-corrected chi connectivity index (χ3v) is 6.09. The fourth-order valence-electron chi connectivity index (χ4n) is 4.69. The molecule has 4 aromatic rings. The lowest BCUT2D eigenvalue weighted by atomic mass is 9.89. The minimum absolute atomic E-state index is 0.328. The molecule has 0 fully saturated rings. The van der Waals surface area contributed by atoms with E-state index in [-0.39, 0.29) is 5.97 Å². The van der Waals surface area contributed by atoms with Crippen LogP contribution >= 0.6 is 0 Å². The largest absolute Gasteiger partial charge is 0.463 e. The van der Waals surface area contributed by atoms with Crippen molar-refractivity contribution in [3.8, 4) is 0 Å². The molecule has 0 saturated heterocycles. The predicted octanol–water partition coefficient (Wildman–Crippen LogP) is 7.71. The maximum Gasteiger partial charge on any atom is 0.331 e. The van der Waals surface area contributed by atoms with Crippen molar-refractivity contribution in [3.05, 3.63) is 155 Å². The van der Waals surface area contributed by atoms with E-state index in [1.807, 2.05) is 55.5 Å². The molecule has 0 spiro atoms. The van der Waals surface area contributed by atoms with Gasteiger partial charge in [0.05, 0.1) is 6.61 Å². The lowest BCUT2D eigenvalue weighted by molar-refractivity contribution is -0.137. The van der Waals surface area contributed by atoms with E-state index in [2.05, 4.69) is 72.8 Å². The number of ether oxygens (including phenoxy) is 1. The molecule has 2 nitrogen and oxygen atoms in total. The molecule has 35 heavy (non-hydrogen) atoms. The minimum Gasteiger partial charge on any atom is -0.463 e. The molecule has 4 aromatic carbocycles. The normalized spacial score (nSPS) is 13.2. The maximum absolute atomic E-state index is 12.9. The van der Waals surface area contributed by atoms with E-state index in [4.69, 9.17) is 4.74 Å². The number of hydrogen-bond acceptors (Lipinski definition) is 2. The molecule has 0 aliphatic heterocycles. The molecule has 0 bridgehead atoms. The summed E-state index contributed by atoms with van der Waals surface area (Å²) < 4.78 is 5.39. The molecular weight excluding hydrogens is 428 g/mol. The lowest BCUT2D eigenvalue weighted by Crippen LogP contribution is -2.03. The van der Waals surface area contributed by atoms with Gasteiger partial charge in [0.2, 0.25) is 0 Å². The molecule has 0 N–H and O–H groups in total. The van der Waals surface area contributed by atoms with Gasteiger partial charge in [-0.25, -0.2) is 4.79 Å². The van der Waals surface area contributed by atoms with Crippen LogP contribution in [0.1, 0.15) is 29.2 Å². The van der Waals surface area contributed by atoms with Gasteiger partial charge in [-0.05, 0) is 57.0 Å². The van der Waals surface area contributed by atoms with Gasteiger partial charge >= 0.3 is 5.97 Å². The number of hydrogen-bond donors (Lipinski definition) is 0. The summed E-state index contributed by atoms with van der Waals surface area (Å²) in [7, 11) is 0. The summed E-state index contributed by atoms with van der Waals surface area (Å²) in [4.78, 5) is 12.9. The van der Waals surface area contributed by atoms with Crippen molar-refractivity contribution < 1.29 is 9.53 Å². The van der Waals surface area contributed by atoms with Gasteiger partial charge in [0, 0.05) is 6.08 Å². The highest BCUT2D eigenvalue weighted by atomic mass is 16.5. The second-order valence-electron chi connectivity index (χ2n) is 8.27. The van der Waals surface area contributed by atoms with E-state index in [0.717, 1.165) is 50.1 Å². The highest BCUT2D eigenvalue weighted by molar-refractivity contribution is 6.35. The van der Waals surface area contributed by atoms with Crippen LogP contribution in [-0.4, -0.2) is 12.6 Å². The van der Waals surface area contributed by atoms with Crippen molar-refractivity contribution in [2.24, 2.45) is 0 Å². The average Bonchev–Trinajstić information content (AvgIpc) is 3.25. The Morgan fingerprint density at radius 3 is 1.17 bits per heavy atom. The summed E-state index contributed by atoms with van der Waals surface area (Å²) in [6.07, 6.45) is 1.66. The molecule has 0 atom stereocenters. The lowest BCUT2D eigenvalue weighted by Gasteiger charge is -2.14. The van der Waals surface area contributed by atoms with E-state index in [0.29, 0.717) is 6.61 Å². The molecule has 1 aliphatic carbocycles. The second-order valence-corrected chi connectivity index (χ2v) is 8.27. The topological polar surface area (TPSA) is 26.3 Å².